The van der Waals surface area contributed by atoms with Gasteiger partial charge in [-0.25, -0.2) is 4.98 Å². The summed E-state index contributed by atoms with van der Waals surface area (Å²) in [7, 11) is 1.64. The number of aromatic hydroxyl groups is 1. The third-order valence-electron chi connectivity index (χ3n) is 4.02. The lowest BCUT2D eigenvalue weighted by atomic mass is 10.1. The van der Waals surface area contributed by atoms with E-state index in [2.05, 4.69) is 17.2 Å². The molecule has 0 bridgehead atoms. The molecule has 114 valence electrons. The van der Waals surface area contributed by atoms with Crippen molar-refractivity contribution >= 4 is 11.7 Å². The van der Waals surface area contributed by atoms with Crippen LogP contribution in [-0.2, 0) is 19.9 Å². The monoisotopic (exact) mass is 299 g/mol. The predicted molar refractivity (Wildman–Crippen MR) is 82.1 cm³/mol. The van der Waals surface area contributed by atoms with E-state index in [4.69, 9.17) is 0 Å². The van der Waals surface area contributed by atoms with Gasteiger partial charge in [0.2, 0.25) is 0 Å². The van der Waals surface area contributed by atoms with Crippen molar-refractivity contribution in [2.75, 3.05) is 5.32 Å². The summed E-state index contributed by atoms with van der Waals surface area (Å²) in [4.78, 5) is 28.8. The summed E-state index contributed by atoms with van der Waals surface area (Å²) in [5.74, 6) is -0.154. The molecule has 1 atom stereocenters. The molecule has 6 nitrogen and oxygen atoms in total. The fourth-order valence-electron chi connectivity index (χ4n) is 2.93. The molecule has 6 heteroatoms. The zero-order valence-corrected chi connectivity index (χ0v) is 12.5. The number of nitrogens with zero attached hydrogens (tertiary/aromatic N) is 2. The van der Waals surface area contributed by atoms with Crippen LogP contribution < -0.4 is 10.9 Å². The van der Waals surface area contributed by atoms with E-state index in [9.17, 15) is 14.7 Å². The van der Waals surface area contributed by atoms with Gasteiger partial charge in [-0.1, -0.05) is 13.0 Å². The minimum atomic E-state index is -0.640. The maximum absolute atomic E-state index is 12.4. The zero-order valence-electron chi connectivity index (χ0n) is 12.5. The third kappa shape index (κ3) is 2.26. The molecule has 0 fully saturated rings. The number of rotatable bonds is 2. The summed E-state index contributed by atoms with van der Waals surface area (Å²) in [6.45, 7) is 2.05. The predicted octanol–water partition coefficient (Wildman–Crippen LogP) is 1.47. The first-order chi connectivity index (χ1) is 10.5. The van der Waals surface area contributed by atoms with Crippen molar-refractivity contribution in [1.82, 2.24) is 9.55 Å². The summed E-state index contributed by atoms with van der Waals surface area (Å²) < 4.78 is 1.46. The first kappa shape index (κ1) is 14.3. The molecular formula is C16H17N3O3. The molecule has 0 spiro atoms. The minimum Gasteiger partial charge on any atom is -0.507 e. The molecule has 3 rings (SSSR count). The number of hydrogen-bond donors (Lipinski definition) is 2. The minimum absolute atomic E-state index is 0.198. The molecule has 2 heterocycles. The Morgan fingerprint density at radius 2 is 2.18 bits per heavy atom. The van der Waals surface area contributed by atoms with E-state index in [-0.39, 0.29) is 11.3 Å². The lowest BCUT2D eigenvalue weighted by Crippen LogP contribution is -2.30. The van der Waals surface area contributed by atoms with Gasteiger partial charge in [-0.15, -0.1) is 0 Å². The average Bonchev–Trinajstić information content (AvgIpc) is 2.88. The van der Waals surface area contributed by atoms with Crippen molar-refractivity contribution in [2.24, 2.45) is 13.0 Å². The van der Waals surface area contributed by atoms with Gasteiger partial charge in [0, 0.05) is 24.5 Å². The molecule has 0 aromatic carbocycles. The van der Waals surface area contributed by atoms with E-state index in [1.165, 1.54) is 10.8 Å². The highest BCUT2D eigenvalue weighted by atomic mass is 16.3. The number of nitrogens with one attached hydrogen (secondary N) is 1. The normalized spacial score (nSPS) is 16.4. The number of amides is 1. The van der Waals surface area contributed by atoms with Crippen molar-refractivity contribution in [3.8, 4) is 5.75 Å². The molecule has 1 aliphatic carbocycles. The molecule has 2 aromatic heterocycles. The van der Waals surface area contributed by atoms with Gasteiger partial charge < -0.3 is 15.0 Å². The van der Waals surface area contributed by atoms with Crippen molar-refractivity contribution in [2.45, 2.75) is 19.8 Å². The van der Waals surface area contributed by atoms with Gasteiger partial charge in [0.15, 0.2) is 0 Å². The highest BCUT2D eigenvalue weighted by molar-refractivity contribution is 6.05. The van der Waals surface area contributed by atoms with Crippen LogP contribution in [0.1, 0.15) is 28.5 Å². The highest BCUT2D eigenvalue weighted by Crippen LogP contribution is 2.33. The van der Waals surface area contributed by atoms with Gasteiger partial charge >= 0.3 is 0 Å². The summed E-state index contributed by atoms with van der Waals surface area (Å²) in [5.41, 5.74) is 0.796. The second-order valence-electron chi connectivity index (χ2n) is 5.70. The van der Waals surface area contributed by atoms with E-state index in [1.54, 1.807) is 25.2 Å². The Morgan fingerprint density at radius 1 is 1.41 bits per heavy atom. The van der Waals surface area contributed by atoms with Crippen LogP contribution in [0.2, 0.25) is 0 Å². The standard InChI is InChI=1S/C16H17N3O3/c1-9-7-10-11(8-9)19(2)16(22)13(14(10)20)15(21)18-12-5-3-4-6-17-12/h3-6,9,20H,7-8H2,1-2H3,(H,17,18,21)/t9-/m0/s1. The van der Waals surface area contributed by atoms with Crippen molar-refractivity contribution in [1.29, 1.82) is 0 Å². The molecule has 0 aliphatic heterocycles. The molecule has 0 unspecified atom stereocenters. The molecule has 0 saturated heterocycles. The van der Waals surface area contributed by atoms with Gasteiger partial charge in [0.25, 0.3) is 11.5 Å². The Balaban J connectivity index is 2.05. The van der Waals surface area contributed by atoms with E-state index in [0.717, 1.165) is 12.1 Å². The zero-order chi connectivity index (χ0) is 15.9. The number of aromatic nitrogens is 2. The summed E-state index contributed by atoms with van der Waals surface area (Å²) in [6.07, 6.45) is 2.94. The molecule has 0 radical (unpaired) electrons. The number of carbonyl (C=O) groups excluding carboxylic acids is 1. The average molecular weight is 299 g/mol. The molecular weight excluding hydrogens is 282 g/mol. The molecule has 2 aromatic rings. The van der Waals surface area contributed by atoms with Gasteiger partial charge in [-0.2, -0.15) is 0 Å². The van der Waals surface area contributed by atoms with Crippen LogP contribution in [0.5, 0.6) is 5.75 Å². The van der Waals surface area contributed by atoms with Crippen LogP contribution in [-0.4, -0.2) is 20.6 Å². The van der Waals surface area contributed by atoms with Crippen molar-refractivity contribution in [3.63, 3.8) is 0 Å². The van der Waals surface area contributed by atoms with Crippen molar-refractivity contribution < 1.29 is 9.90 Å². The molecule has 2 N–H and O–H groups in total. The van der Waals surface area contributed by atoms with Crippen LogP contribution in [0, 0.1) is 5.92 Å². The highest BCUT2D eigenvalue weighted by Gasteiger charge is 2.30. The fraction of sp³-hybridized carbons (Fsp3) is 0.312. The number of fused-ring (bicyclic) bond motifs is 1. The van der Waals surface area contributed by atoms with Gasteiger partial charge in [0.1, 0.15) is 17.1 Å². The summed E-state index contributed by atoms with van der Waals surface area (Å²) in [5, 5.41) is 12.9. The van der Waals surface area contributed by atoms with E-state index in [1.807, 2.05) is 0 Å². The Bertz CT molecular complexity index is 797. The van der Waals surface area contributed by atoms with Crippen LogP contribution in [0.15, 0.2) is 29.2 Å². The Labute approximate surface area is 127 Å². The smallest absolute Gasteiger partial charge is 0.267 e. The Hall–Kier alpha value is -2.63. The largest absolute Gasteiger partial charge is 0.507 e. The van der Waals surface area contributed by atoms with Crippen LogP contribution >= 0.6 is 0 Å². The molecule has 1 amide bonds. The van der Waals surface area contributed by atoms with Crippen LogP contribution in [0.3, 0.4) is 0 Å². The summed E-state index contributed by atoms with van der Waals surface area (Å²) in [6, 6.07) is 5.07. The van der Waals surface area contributed by atoms with E-state index < -0.39 is 11.5 Å². The second-order valence-corrected chi connectivity index (χ2v) is 5.70. The van der Waals surface area contributed by atoms with E-state index >= 15 is 0 Å². The lowest BCUT2D eigenvalue weighted by Gasteiger charge is -2.13. The maximum Gasteiger partial charge on any atom is 0.267 e. The first-order valence-corrected chi connectivity index (χ1v) is 7.15. The van der Waals surface area contributed by atoms with E-state index in [0.29, 0.717) is 23.7 Å². The van der Waals surface area contributed by atoms with Gasteiger partial charge in [0.05, 0.1) is 0 Å². The van der Waals surface area contributed by atoms with Gasteiger partial charge in [-0.05, 0) is 30.9 Å². The topological polar surface area (TPSA) is 84.2 Å². The number of pyridine rings is 2. The van der Waals surface area contributed by atoms with Crippen molar-refractivity contribution in [3.05, 3.63) is 51.6 Å². The molecule has 1 aliphatic rings. The Kier molecular flexibility index (Phi) is 3.44. The maximum atomic E-state index is 12.4. The van der Waals surface area contributed by atoms with Crippen LogP contribution in [0.4, 0.5) is 5.82 Å². The lowest BCUT2D eigenvalue weighted by molar-refractivity contribution is 0.102. The molecule has 0 saturated carbocycles. The quantitative estimate of drug-likeness (QED) is 0.879. The Morgan fingerprint density at radius 3 is 2.86 bits per heavy atom. The summed E-state index contributed by atoms with van der Waals surface area (Å²) >= 11 is 0. The first-order valence-electron chi connectivity index (χ1n) is 7.15. The number of carbonyl (C=O) groups is 1. The second kappa shape index (κ2) is 5.29. The number of anilines is 1. The van der Waals surface area contributed by atoms with Gasteiger partial charge in [-0.3, -0.25) is 9.59 Å². The third-order valence-corrected chi connectivity index (χ3v) is 4.02. The van der Waals surface area contributed by atoms with Crippen LogP contribution in [0.25, 0.3) is 0 Å². The fourth-order valence-corrected chi connectivity index (χ4v) is 2.93. The number of hydrogen-bond acceptors (Lipinski definition) is 4. The molecule has 22 heavy (non-hydrogen) atoms. The SMILES string of the molecule is C[C@H]1Cc2c(O)c(C(=O)Nc3ccccn3)c(=O)n(C)c2C1.